The molecule has 1 rings (SSSR count). The van der Waals surface area contributed by atoms with Crippen LogP contribution >= 0.6 is 0 Å². The van der Waals surface area contributed by atoms with E-state index in [1.165, 1.54) is 0 Å². The highest BCUT2D eigenvalue weighted by Crippen LogP contribution is 2.40. The van der Waals surface area contributed by atoms with Gasteiger partial charge in [-0.2, -0.15) is 5.26 Å². The normalized spacial score (nSPS) is 17.2. The predicted octanol–water partition coefficient (Wildman–Crippen LogP) is 0.820. The van der Waals surface area contributed by atoms with Crippen LogP contribution in [0.5, 0.6) is 0 Å². The van der Waals surface area contributed by atoms with Gasteiger partial charge in [0.05, 0.1) is 12.6 Å². The van der Waals surface area contributed by atoms with Crippen LogP contribution in [0, 0.1) is 28.6 Å². The van der Waals surface area contributed by atoms with Crippen molar-refractivity contribution in [2.24, 2.45) is 5.41 Å². The van der Waals surface area contributed by atoms with Crippen molar-refractivity contribution in [1.82, 2.24) is 5.32 Å². The Morgan fingerprint density at radius 2 is 2.31 bits per heavy atom. The van der Waals surface area contributed by atoms with Crippen LogP contribution in [0.15, 0.2) is 0 Å². The van der Waals surface area contributed by atoms with Gasteiger partial charge in [-0.3, -0.25) is 4.79 Å². The summed E-state index contributed by atoms with van der Waals surface area (Å²) < 4.78 is 0. The molecule has 0 atom stereocenters. The summed E-state index contributed by atoms with van der Waals surface area (Å²) in [5.41, 5.74) is -0.741. The molecular formula is C10H12N2O. The van der Waals surface area contributed by atoms with Gasteiger partial charge in [-0.05, 0) is 26.2 Å². The highest BCUT2D eigenvalue weighted by Gasteiger charge is 2.44. The first-order chi connectivity index (χ1) is 6.25. The van der Waals surface area contributed by atoms with Crippen molar-refractivity contribution >= 4 is 5.91 Å². The first-order valence-corrected chi connectivity index (χ1v) is 4.34. The van der Waals surface area contributed by atoms with Crippen LogP contribution in [0.4, 0.5) is 0 Å². The van der Waals surface area contributed by atoms with E-state index in [2.05, 4.69) is 23.2 Å². The minimum Gasteiger partial charge on any atom is -0.344 e. The molecule has 0 spiro atoms. The highest BCUT2D eigenvalue weighted by molar-refractivity contribution is 5.86. The quantitative estimate of drug-likeness (QED) is 0.633. The first kappa shape index (κ1) is 9.61. The van der Waals surface area contributed by atoms with Crippen molar-refractivity contribution in [1.29, 1.82) is 5.26 Å². The van der Waals surface area contributed by atoms with Crippen molar-refractivity contribution in [3.05, 3.63) is 0 Å². The Hall–Kier alpha value is -1.48. The number of hydrogen-bond donors (Lipinski definition) is 1. The second-order valence-corrected chi connectivity index (χ2v) is 3.16. The molecule has 3 heteroatoms. The van der Waals surface area contributed by atoms with Gasteiger partial charge in [0.25, 0.3) is 0 Å². The molecule has 0 heterocycles. The standard InChI is InChI=1S/C10H12N2O/c1-2-3-7-12-9(13)10(8-11)5-4-6-10/h4-7H2,1H3,(H,12,13). The summed E-state index contributed by atoms with van der Waals surface area (Å²) in [6, 6.07) is 2.08. The van der Waals surface area contributed by atoms with Crippen LogP contribution in [0.1, 0.15) is 26.2 Å². The van der Waals surface area contributed by atoms with Crippen molar-refractivity contribution in [3.8, 4) is 17.9 Å². The molecule has 1 aliphatic rings. The largest absolute Gasteiger partial charge is 0.344 e. The second-order valence-electron chi connectivity index (χ2n) is 3.16. The number of nitrogens with one attached hydrogen (secondary N) is 1. The van der Waals surface area contributed by atoms with E-state index in [9.17, 15) is 4.79 Å². The lowest BCUT2D eigenvalue weighted by Crippen LogP contribution is -2.44. The smallest absolute Gasteiger partial charge is 0.241 e. The van der Waals surface area contributed by atoms with E-state index >= 15 is 0 Å². The van der Waals surface area contributed by atoms with Gasteiger partial charge in [-0.25, -0.2) is 0 Å². The Labute approximate surface area is 78.1 Å². The fourth-order valence-electron chi connectivity index (χ4n) is 1.30. The Kier molecular flexibility index (Phi) is 2.93. The molecule has 0 unspecified atom stereocenters. The van der Waals surface area contributed by atoms with Crippen LogP contribution in [0.3, 0.4) is 0 Å². The minimum absolute atomic E-state index is 0.163. The van der Waals surface area contributed by atoms with Gasteiger partial charge in [0.15, 0.2) is 0 Å². The lowest BCUT2D eigenvalue weighted by molar-refractivity contribution is -0.131. The third-order valence-corrected chi connectivity index (χ3v) is 2.37. The maximum absolute atomic E-state index is 11.5. The summed E-state index contributed by atoms with van der Waals surface area (Å²) in [6.07, 6.45) is 2.35. The molecule has 1 amide bonds. The first-order valence-electron chi connectivity index (χ1n) is 4.34. The maximum atomic E-state index is 11.5. The molecule has 0 aromatic heterocycles. The number of rotatable bonds is 2. The van der Waals surface area contributed by atoms with Crippen molar-refractivity contribution in [2.45, 2.75) is 26.2 Å². The number of nitriles is 1. The predicted molar refractivity (Wildman–Crippen MR) is 48.4 cm³/mol. The Morgan fingerprint density at radius 1 is 1.62 bits per heavy atom. The fourth-order valence-corrected chi connectivity index (χ4v) is 1.30. The molecule has 1 saturated carbocycles. The Balaban J connectivity index is 2.46. The van der Waals surface area contributed by atoms with Crippen LogP contribution in [0.2, 0.25) is 0 Å². The SMILES string of the molecule is CC#CCNC(=O)C1(C#N)CCC1. The molecule has 1 aliphatic carbocycles. The molecule has 1 fully saturated rings. The van der Waals surface area contributed by atoms with Gasteiger partial charge in [-0.1, -0.05) is 5.92 Å². The molecule has 0 aromatic carbocycles. The summed E-state index contributed by atoms with van der Waals surface area (Å²) in [6.45, 7) is 2.06. The third kappa shape index (κ3) is 1.81. The average Bonchev–Trinajstić information content (AvgIpc) is 2.04. The number of carbonyl (C=O) groups is 1. The van der Waals surface area contributed by atoms with E-state index in [1.807, 2.05) is 0 Å². The van der Waals surface area contributed by atoms with Gasteiger partial charge in [-0.15, -0.1) is 5.92 Å². The molecule has 68 valence electrons. The topological polar surface area (TPSA) is 52.9 Å². The van der Waals surface area contributed by atoms with Gasteiger partial charge in [0.2, 0.25) is 5.91 Å². The summed E-state index contributed by atoms with van der Waals surface area (Å²) in [5.74, 6) is 5.25. The zero-order valence-electron chi connectivity index (χ0n) is 7.68. The molecular weight excluding hydrogens is 164 g/mol. The molecule has 3 nitrogen and oxygen atoms in total. The zero-order chi connectivity index (χ0) is 9.73. The van der Waals surface area contributed by atoms with Crippen LogP contribution in [-0.2, 0) is 4.79 Å². The maximum Gasteiger partial charge on any atom is 0.241 e. The van der Waals surface area contributed by atoms with E-state index < -0.39 is 5.41 Å². The van der Waals surface area contributed by atoms with Gasteiger partial charge >= 0.3 is 0 Å². The van der Waals surface area contributed by atoms with E-state index in [1.54, 1.807) is 6.92 Å². The molecule has 0 radical (unpaired) electrons. The number of amides is 1. The summed E-state index contributed by atoms with van der Waals surface area (Å²) in [4.78, 5) is 11.5. The number of carbonyl (C=O) groups excluding carboxylic acids is 1. The van der Waals surface area contributed by atoms with Crippen molar-refractivity contribution in [2.75, 3.05) is 6.54 Å². The summed E-state index contributed by atoms with van der Waals surface area (Å²) >= 11 is 0. The van der Waals surface area contributed by atoms with E-state index in [-0.39, 0.29) is 5.91 Å². The van der Waals surface area contributed by atoms with Crippen molar-refractivity contribution in [3.63, 3.8) is 0 Å². The van der Waals surface area contributed by atoms with Crippen LogP contribution < -0.4 is 5.32 Å². The van der Waals surface area contributed by atoms with E-state index in [0.29, 0.717) is 19.4 Å². The van der Waals surface area contributed by atoms with Gasteiger partial charge in [0.1, 0.15) is 5.41 Å². The fraction of sp³-hybridized carbons (Fsp3) is 0.600. The zero-order valence-corrected chi connectivity index (χ0v) is 7.68. The van der Waals surface area contributed by atoms with Gasteiger partial charge in [0, 0.05) is 0 Å². The molecule has 1 N–H and O–H groups in total. The highest BCUT2D eigenvalue weighted by atomic mass is 16.2. The molecule has 13 heavy (non-hydrogen) atoms. The molecule has 0 saturated heterocycles. The summed E-state index contributed by atoms with van der Waals surface area (Å²) in [5, 5.41) is 11.5. The monoisotopic (exact) mass is 176 g/mol. The Bertz CT molecular complexity index is 299. The van der Waals surface area contributed by atoms with Gasteiger partial charge < -0.3 is 5.32 Å². The lowest BCUT2D eigenvalue weighted by atomic mass is 9.69. The Morgan fingerprint density at radius 3 is 2.69 bits per heavy atom. The van der Waals surface area contributed by atoms with Crippen molar-refractivity contribution < 1.29 is 4.79 Å². The molecule has 0 bridgehead atoms. The lowest BCUT2D eigenvalue weighted by Gasteiger charge is -2.32. The summed E-state index contributed by atoms with van der Waals surface area (Å²) in [7, 11) is 0. The second kappa shape index (κ2) is 3.96. The third-order valence-electron chi connectivity index (χ3n) is 2.37. The molecule has 0 aromatic rings. The average molecular weight is 176 g/mol. The molecule has 0 aliphatic heterocycles. The number of hydrogen-bond acceptors (Lipinski definition) is 2. The van der Waals surface area contributed by atoms with Crippen LogP contribution in [-0.4, -0.2) is 12.5 Å². The van der Waals surface area contributed by atoms with E-state index in [0.717, 1.165) is 6.42 Å². The van der Waals surface area contributed by atoms with E-state index in [4.69, 9.17) is 5.26 Å². The van der Waals surface area contributed by atoms with Crippen LogP contribution in [0.25, 0.3) is 0 Å². The minimum atomic E-state index is -0.741. The number of nitrogens with zero attached hydrogens (tertiary/aromatic N) is 1.